The maximum Gasteiger partial charge on any atom is 0.248 e. The predicted octanol–water partition coefficient (Wildman–Crippen LogP) is 1.92. The van der Waals surface area contributed by atoms with Gasteiger partial charge in [-0.2, -0.15) is 0 Å². The first-order valence-corrected chi connectivity index (χ1v) is 4.96. The molecule has 1 amide bonds. The predicted molar refractivity (Wildman–Crippen MR) is 52.0 cm³/mol. The lowest BCUT2D eigenvalue weighted by atomic mass is 10.2. The van der Waals surface area contributed by atoms with Gasteiger partial charge in [0.05, 0.1) is 6.42 Å². The van der Waals surface area contributed by atoms with Crippen molar-refractivity contribution < 1.29 is 10.0 Å². The van der Waals surface area contributed by atoms with Crippen LogP contribution in [0.25, 0.3) is 0 Å². The number of thiophene rings is 1. The lowest BCUT2D eigenvalue weighted by Gasteiger charge is -1.98. The largest absolute Gasteiger partial charge is 0.289 e. The van der Waals surface area contributed by atoms with Crippen LogP contribution >= 0.6 is 11.3 Å². The van der Waals surface area contributed by atoms with Gasteiger partial charge in [-0.15, -0.1) is 11.3 Å². The van der Waals surface area contributed by atoms with Crippen LogP contribution in [0.1, 0.15) is 29.5 Å². The summed E-state index contributed by atoms with van der Waals surface area (Å²) in [4.78, 5) is 13.1. The molecular formula is C9H13NO2S. The molecule has 0 bridgehead atoms. The zero-order valence-electron chi connectivity index (χ0n) is 7.70. The highest BCUT2D eigenvalue weighted by Gasteiger charge is 2.06. The van der Waals surface area contributed by atoms with E-state index in [0.717, 1.165) is 4.88 Å². The topological polar surface area (TPSA) is 49.3 Å². The number of carbonyl (C=O) groups excluding carboxylic acids is 1. The first-order chi connectivity index (χ1) is 6.13. The van der Waals surface area contributed by atoms with Gasteiger partial charge in [-0.1, -0.05) is 13.8 Å². The molecule has 0 fully saturated rings. The molecule has 1 aromatic rings. The fourth-order valence-electron chi connectivity index (χ4n) is 0.998. The van der Waals surface area contributed by atoms with Crippen LogP contribution in [0, 0.1) is 0 Å². The molecule has 4 heteroatoms. The summed E-state index contributed by atoms with van der Waals surface area (Å²) in [6, 6.07) is 3.95. The monoisotopic (exact) mass is 199 g/mol. The number of amides is 1. The molecule has 0 spiro atoms. The Morgan fingerprint density at radius 3 is 2.77 bits per heavy atom. The van der Waals surface area contributed by atoms with Crippen LogP contribution in [-0.2, 0) is 11.2 Å². The minimum Gasteiger partial charge on any atom is -0.289 e. The molecule has 0 saturated carbocycles. The van der Waals surface area contributed by atoms with Gasteiger partial charge in [0.25, 0.3) is 0 Å². The summed E-state index contributed by atoms with van der Waals surface area (Å²) in [6.07, 6.45) is 0.258. The van der Waals surface area contributed by atoms with Gasteiger partial charge in [0, 0.05) is 9.75 Å². The van der Waals surface area contributed by atoms with Crippen LogP contribution in [0.15, 0.2) is 12.1 Å². The molecule has 2 N–H and O–H groups in total. The van der Waals surface area contributed by atoms with E-state index in [1.165, 1.54) is 4.88 Å². The maximum absolute atomic E-state index is 10.8. The number of rotatable bonds is 3. The van der Waals surface area contributed by atoms with E-state index >= 15 is 0 Å². The highest BCUT2D eigenvalue weighted by molar-refractivity contribution is 7.12. The highest BCUT2D eigenvalue weighted by Crippen LogP contribution is 2.24. The Morgan fingerprint density at radius 2 is 2.31 bits per heavy atom. The molecule has 1 heterocycles. The van der Waals surface area contributed by atoms with Gasteiger partial charge in [0.1, 0.15) is 0 Å². The van der Waals surface area contributed by atoms with Gasteiger partial charge in [-0.25, -0.2) is 5.48 Å². The second kappa shape index (κ2) is 4.39. The van der Waals surface area contributed by atoms with Crippen molar-refractivity contribution in [1.29, 1.82) is 0 Å². The Hall–Kier alpha value is -0.870. The molecule has 0 unspecified atom stereocenters. The second-order valence-corrected chi connectivity index (χ2v) is 4.37. The maximum atomic E-state index is 10.8. The number of hydrogen-bond acceptors (Lipinski definition) is 3. The molecule has 0 radical (unpaired) electrons. The van der Waals surface area contributed by atoms with Crippen LogP contribution in [0.5, 0.6) is 0 Å². The summed E-state index contributed by atoms with van der Waals surface area (Å²) in [7, 11) is 0. The molecule has 0 aliphatic carbocycles. The van der Waals surface area contributed by atoms with Gasteiger partial charge >= 0.3 is 0 Å². The lowest BCUT2D eigenvalue weighted by molar-refractivity contribution is -0.128. The van der Waals surface area contributed by atoms with Crippen molar-refractivity contribution in [2.24, 2.45) is 0 Å². The first-order valence-electron chi connectivity index (χ1n) is 4.15. The van der Waals surface area contributed by atoms with Gasteiger partial charge < -0.3 is 0 Å². The van der Waals surface area contributed by atoms with Crippen LogP contribution in [0.2, 0.25) is 0 Å². The van der Waals surface area contributed by atoms with Crippen molar-refractivity contribution in [2.75, 3.05) is 0 Å². The molecule has 0 atom stereocenters. The molecule has 0 aromatic carbocycles. The Morgan fingerprint density at radius 1 is 1.62 bits per heavy atom. The molecule has 0 saturated heterocycles. The van der Waals surface area contributed by atoms with Crippen molar-refractivity contribution in [3.8, 4) is 0 Å². The van der Waals surface area contributed by atoms with E-state index in [0.29, 0.717) is 5.92 Å². The minimum absolute atomic E-state index is 0.258. The third-order valence-corrected chi connectivity index (χ3v) is 3.10. The van der Waals surface area contributed by atoms with Crippen molar-refractivity contribution >= 4 is 17.2 Å². The van der Waals surface area contributed by atoms with Crippen LogP contribution < -0.4 is 5.48 Å². The number of nitrogens with one attached hydrogen (secondary N) is 1. The molecule has 72 valence electrons. The number of hydrogen-bond donors (Lipinski definition) is 2. The van der Waals surface area contributed by atoms with Crippen molar-refractivity contribution in [1.82, 2.24) is 5.48 Å². The fraction of sp³-hybridized carbons (Fsp3) is 0.444. The number of carbonyl (C=O) groups is 1. The van der Waals surface area contributed by atoms with Crippen molar-refractivity contribution in [2.45, 2.75) is 26.2 Å². The molecule has 0 aliphatic heterocycles. The second-order valence-electron chi connectivity index (χ2n) is 3.17. The highest BCUT2D eigenvalue weighted by atomic mass is 32.1. The molecule has 13 heavy (non-hydrogen) atoms. The Labute approximate surface area is 81.4 Å². The van der Waals surface area contributed by atoms with E-state index in [1.807, 2.05) is 12.1 Å². The minimum atomic E-state index is -0.364. The van der Waals surface area contributed by atoms with E-state index in [9.17, 15) is 4.79 Å². The first kappa shape index (κ1) is 10.2. The third kappa shape index (κ3) is 2.82. The average molecular weight is 199 g/mol. The zero-order chi connectivity index (χ0) is 9.84. The summed E-state index contributed by atoms with van der Waals surface area (Å²) in [5.41, 5.74) is 1.62. The average Bonchev–Trinajstić information content (AvgIpc) is 2.52. The van der Waals surface area contributed by atoms with Gasteiger partial charge in [0.2, 0.25) is 5.91 Å². The normalized spacial score (nSPS) is 10.5. The summed E-state index contributed by atoms with van der Waals surface area (Å²) in [5.74, 6) is 0.132. The summed E-state index contributed by atoms with van der Waals surface area (Å²) in [6.45, 7) is 4.23. The van der Waals surface area contributed by atoms with Crippen LogP contribution in [0.4, 0.5) is 0 Å². The zero-order valence-corrected chi connectivity index (χ0v) is 8.52. The molecule has 1 rings (SSSR count). The Kier molecular flexibility index (Phi) is 3.45. The van der Waals surface area contributed by atoms with Crippen molar-refractivity contribution in [3.63, 3.8) is 0 Å². The van der Waals surface area contributed by atoms with E-state index in [2.05, 4.69) is 13.8 Å². The third-order valence-electron chi connectivity index (χ3n) is 1.71. The van der Waals surface area contributed by atoms with Crippen molar-refractivity contribution in [3.05, 3.63) is 21.9 Å². The molecule has 1 aromatic heterocycles. The Balaban J connectivity index is 2.64. The molecule has 0 aliphatic rings. The van der Waals surface area contributed by atoms with Crippen LogP contribution in [0.3, 0.4) is 0 Å². The van der Waals surface area contributed by atoms with E-state index < -0.39 is 0 Å². The van der Waals surface area contributed by atoms with E-state index in [4.69, 9.17) is 5.21 Å². The SMILES string of the molecule is CC(C)c1ccc(CC(=O)NO)s1. The molecule has 3 nitrogen and oxygen atoms in total. The van der Waals surface area contributed by atoms with Gasteiger partial charge in [-0.05, 0) is 18.1 Å². The van der Waals surface area contributed by atoms with Crippen LogP contribution in [-0.4, -0.2) is 11.1 Å². The quantitative estimate of drug-likeness (QED) is 0.577. The Bertz CT molecular complexity index is 294. The fourth-order valence-corrected chi connectivity index (χ4v) is 2.01. The van der Waals surface area contributed by atoms with Gasteiger partial charge in [0.15, 0.2) is 0 Å². The summed E-state index contributed by atoms with van der Waals surface area (Å²) in [5, 5.41) is 8.32. The smallest absolute Gasteiger partial charge is 0.248 e. The lowest BCUT2D eigenvalue weighted by Crippen LogP contribution is -2.20. The molecular weight excluding hydrogens is 186 g/mol. The van der Waals surface area contributed by atoms with E-state index in [-0.39, 0.29) is 12.3 Å². The van der Waals surface area contributed by atoms with E-state index in [1.54, 1.807) is 16.8 Å². The number of hydroxylamine groups is 1. The van der Waals surface area contributed by atoms with Gasteiger partial charge in [-0.3, -0.25) is 10.0 Å². The standard InChI is InChI=1S/C9H13NO2S/c1-6(2)8-4-3-7(13-8)5-9(11)10-12/h3-4,6,12H,5H2,1-2H3,(H,10,11). The summed E-state index contributed by atoms with van der Waals surface area (Å²) >= 11 is 1.61. The summed E-state index contributed by atoms with van der Waals surface area (Å²) < 4.78 is 0.